The predicted molar refractivity (Wildman–Crippen MR) is 126 cm³/mol. The van der Waals surface area contributed by atoms with E-state index in [2.05, 4.69) is 47.1 Å². The number of likely N-dealkylation sites (tertiary alicyclic amines) is 1. The van der Waals surface area contributed by atoms with Gasteiger partial charge in [0.05, 0.1) is 19.3 Å². The quantitative estimate of drug-likeness (QED) is 0.703. The van der Waals surface area contributed by atoms with Gasteiger partial charge in [-0.05, 0) is 36.7 Å². The molecular weight excluding hydrogens is 418 g/mol. The minimum Gasteiger partial charge on any atom is -0.486 e. The molecule has 174 valence electrons. The molecule has 8 nitrogen and oxygen atoms in total. The number of ether oxygens (including phenoxy) is 1. The molecule has 2 aromatic carbocycles. The first-order valence-electron chi connectivity index (χ1n) is 11.6. The second kappa shape index (κ2) is 9.51. The number of carbonyl (C=O) groups excluding carboxylic acids is 1. The summed E-state index contributed by atoms with van der Waals surface area (Å²) in [4.78, 5) is 24.9. The molecule has 2 aromatic rings. The van der Waals surface area contributed by atoms with Gasteiger partial charge in [0.2, 0.25) is 0 Å². The number of aryl methyl sites for hydroxylation is 1. The molecule has 0 saturated carbocycles. The molecular formula is C25H31N5O3. The molecule has 8 heteroatoms. The normalized spacial score (nSPS) is 21.9. The van der Waals surface area contributed by atoms with E-state index in [9.17, 15) is 4.79 Å². The Hall–Kier alpha value is -2.94. The average molecular weight is 450 g/mol. The highest BCUT2D eigenvalue weighted by Crippen LogP contribution is 2.27. The first-order valence-corrected chi connectivity index (χ1v) is 11.6. The average Bonchev–Trinajstić information content (AvgIpc) is 3.29. The number of benzene rings is 2. The van der Waals surface area contributed by atoms with Crippen LogP contribution in [0.4, 0.5) is 4.79 Å². The molecule has 3 heterocycles. The zero-order valence-corrected chi connectivity index (χ0v) is 19.3. The number of urea groups is 1. The van der Waals surface area contributed by atoms with Crippen molar-refractivity contribution < 1.29 is 14.4 Å². The summed E-state index contributed by atoms with van der Waals surface area (Å²) < 4.78 is 6.16. The first kappa shape index (κ1) is 21.9. The molecule has 5 rings (SSSR count). The smallest absolute Gasteiger partial charge is 0.366 e. The van der Waals surface area contributed by atoms with Crippen molar-refractivity contribution in [3.05, 3.63) is 65.2 Å². The third kappa shape index (κ3) is 5.03. The summed E-state index contributed by atoms with van der Waals surface area (Å²) in [6.45, 7) is 8.56. The standard InChI is InChI=1S/C25H31N5O3/c1-19-14-20(16-28-12-10-27(2)11-13-28)8-9-23(19)32-22-17-29(18-22)25(31)30-26-15-24(33-30)21-6-4-3-5-7-21/h3-9,14-15,22,24H,10-13,16-18H2,1-2H3. The van der Waals surface area contributed by atoms with Gasteiger partial charge < -0.3 is 14.5 Å². The van der Waals surface area contributed by atoms with Crippen LogP contribution >= 0.6 is 0 Å². The van der Waals surface area contributed by atoms with Gasteiger partial charge in [-0.2, -0.15) is 5.10 Å². The second-order valence-corrected chi connectivity index (χ2v) is 9.08. The van der Waals surface area contributed by atoms with Crippen molar-refractivity contribution in [2.45, 2.75) is 25.7 Å². The van der Waals surface area contributed by atoms with Gasteiger partial charge in [-0.3, -0.25) is 4.90 Å². The van der Waals surface area contributed by atoms with Crippen LogP contribution in [-0.2, 0) is 11.4 Å². The van der Waals surface area contributed by atoms with Gasteiger partial charge in [0.1, 0.15) is 11.9 Å². The number of hydrogen-bond donors (Lipinski definition) is 0. The van der Waals surface area contributed by atoms with Gasteiger partial charge in [0, 0.05) is 32.7 Å². The summed E-state index contributed by atoms with van der Waals surface area (Å²) in [6, 6.07) is 15.9. The Bertz CT molecular complexity index is 1000. The van der Waals surface area contributed by atoms with Crippen molar-refractivity contribution in [2.24, 2.45) is 5.10 Å². The van der Waals surface area contributed by atoms with E-state index >= 15 is 0 Å². The lowest BCUT2D eigenvalue weighted by atomic mass is 10.1. The van der Waals surface area contributed by atoms with Gasteiger partial charge in [-0.1, -0.05) is 47.6 Å². The molecule has 3 aliphatic heterocycles. The molecule has 0 N–H and O–H groups in total. The Labute approximate surface area is 194 Å². The zero-order valence-electron chi connectivity index (χ0n) is 19.3. The summed E-state index contributed by atoms with van der Waals surface area (Å²) in [5, 5.41) is 5.20. The number of amides is 2. The first-order chi connectivity index (χ1) is 16.0. The van der Waals surface area contributed by atoms with E-state index < -0.39 is 0 Å². The summed E-state index contributed by atoms with van der Waals surface area (Å²) in [5.41, 5.74) is 3.41. The molecule has 2 amide bonds. The minimum absolute atomic E-state index is 0.0207. The number of hydroxylamine groups is 1. The minimum atomic E-state index is -0.338. The Morgan fingerprint density at radius 3 is 2.58 bits per heavy atom. The van der Waals surface area contributed by atoms with Crippen LogP contribution < -0.4 is 4.74 Å². The molecule has 1 atom stereocenters. The summed E-state index contributed by atoms with van der Waals surface area (Å²) in [5.74, 6) is 0.883. The van der Waals surface area contributed by atoms with E-state index in [1.807, 2.05) is 30.3 Å². The molecule has 0 aliphatic carbocycles. The van der Waals surface area contributed by atoms with Gasteiger partial charge in [0.15, 0.2) is 6.10 Å². The number of likely N-dealkylation sites (N-methyl/N-ethyl adjacent to an activating group) is 1. The molecule has 0 radical (unpaired) electrons. The maximum absolute atomic E-state index is 12.7. The predicted octanol–water partition coefficient (Wildman–Crippen LogP) is 2.90. The molecule has 2 saturated heterocycles. The second-order valence-electron chi connectivity index (χ2n) is 9.08. The van der Waals surface area contributed by atoms with Crippen LogP contribution in [-0.4, -0.2) is 84.5 Å². The number of piperazine rings is 1. The lowest BCUT2D eigenvalue weighted by Crippen LogP contribution is -2.58. The molecule has 1 unspecified atom stereocenters. The largest absolute Gasteiger partial charge is 0.486 e. The summed E-state index contributed by atoms with van der Waals surface area (Å²) >= 11 is 0. The number of nitrogens with zero attached hydrogens (tertiary/aromatic N) is 5. The molecule has 0 spiro atoms. The Morgan fingerprint density at radius 2 is 1.85 bits per heavy atom. The number of carbonyl (C=O) groups is 1. The van der Waals surface area contributed by atoms with Crippen LogP contribution in [0.25, 0.3) is 0 Å². The third-order valence-corrected chi connectivity index (χ3v) is 6.47. The van der Waals surface area contributed by atoms with Crippen LogP contribution in [0.3, 0.4) is 0 Å². The van der Waals surface area contributed by atoms with Gasteiger partial charge >= 0.3 is 6.03 Å². The monoisotopic (exact) mass is 449 g/mol. The van der Waals surface area contributed by atoms with Gasteiger partial charge in [0.25, 0.3) is 0 Å². The fourth-order valence-corrected chi connectivity index (χ4v) is 4.34. The van der Waals surface area contributed by atoms with E-state index in [-0.39, 0.29) is 18.2 Å². The summed E-state index contributed by atoms with van der Waals surface area (Å²) in [7, 11) is 2.18. The number of hydrogen-bond acceptors (Lipinski definition) is 6. The Balaban J connectivity index is 1.09. The van der Waals surface area contributed by atoms with E-state index in [1.165, 1.54) is 5.56 Å². The lowest BCUT2D eigenvalue weighted by Gasteiger charge is -2.39. The molecule has 2 fully saturated rings. The molecule has 33 heavy (non-hydrogen) atoms. The van der Waals surface area contributed by atoms with E-state index in [0.717, 1.165) is 54.8 Å². The van der Waals surface area contributed by atoms with Crippen LogP contribution in [0.2, 0.25) is 0 Å². The van der Waals surface area contributed by atoms with E-state index in [1.54, 1.807) is 11.1 Å². The number of hydrazone groups is 1. The van der Waals surface area contributed by atoms with Gasteiger partial charge in [-0.15, -0.1) is 0 Å². The van der Waals surface area contributed by atoms with Crippen molar-refractivity contribution in [1.82, 2.24) is 19.9 Å². The number of rotatable bonds is 5. The van der Waals surface area contributed by atoms with Crippen LogP contribution in [0, 0.1) is 6.92 Å². The molecule has 3 aliphatic rings. The van der Waals surface area contributed by atoms with Crippen molar-refractivity contribution in [1.29, 1.82) is 0 Å². The van der Waals surface area contributed by atoms with Crippen LogP contribution in [0.15, 0.2) is 53.6 Å². The highest BCUT2D eigenvalue weighted by molar-refractivity contribution is 5.78. The highest BCUT2D eigenvalue weighted by atomic mass is 16.7. The highest BCUT2D eigenvalue weighted by Gasteiger charge is 2.38. The van der Waals surface area contributed by atoms with Crippen molar-refractivity contribution >= 4 is 12.2 Å². The van der Waals surface area contributed by atoms with Crippen molar-refractivity contribution in [2.75, 3.05) is 46.3 Å². The Kier molecular flexibility index (Phi) is 6.30. The fourth-order valence-electron chi connectivity index (χ4n) is 4.34. The SMILES string of the molecule is Cc1cc(CN2CCN(C)CC2)ccc1OC1CN(C(=O)N2N=CC(c3ccccc3)O2)C1. The van der Waals surface area contributed by atoms with E-state index in [0.29, 0.717) is 13.1 Å². The third-order valence-electron chi connectivity index (χ3n) is 6.47. The van der Waals surface area contributed by atoms with Gasteiger partial charge in [-0.25, -0.2) is 9.63 Å². The maximum atomic E-state index is 12.7. The van der Waals surface area contributed by atoms with Crippen LogP contribution in [0.5, 0.6) is 5.75 Å². The lowest BCUT2D eigenvalue weighted by molar-refractivity contribution is -0.134. The molecule has 0 bridgehead atoms. The fraction of sp³-hybridized carbons (Fsp3) is 0.440. The van der Waals surface area contributed by atoms with E-state index in [4.69, 9.17) is 9.57 Å². The maximum Gasteiger partial charge on any atom is 0.366 e. The van der Waals surface area contributed by atoms with Crippen molar-refractivity contribution in [3.8, 4) is 5.75 Å². The van der Waals surface area contributed by atoms with Crippen LogP contribution in [0.1, 0.15) is 22.8 Å². The summed E-state index contributed by atoms with van der Waals surface area (Å²) in [6.07, 6.45) is 1.29. The zero-order chi connectivity index (χ0) is 22.8. The Morgan fingerprint density at radius 1 is 1.09 bits per heavy atom. The topological polar surface area (TPSA) is 60.9 Å². The molecule has 0 aromatic heterocycles. The van der Waals surface area contributed by atoms with Crippen molar-refractivity contribution in [3.63, 3.8) is 0 Å².